The van der Waals surface area contributed by atoms with Crippen molar-refractivity contribution in [3.8, 4) is 11.5 Å². The molecule has 0 aliphatic carbocycles. The molecule has 0 aromatic heterocycles. The molecule has 1 atom stereocenters. The normalized spacial score (nSPS) is 11.8. The van der Waals surface area contributed by atoms with Gasteiger partial charge in [0.2, 0.25) is 0 Å². The van der Waals surface area contributed by atoms with Gasteiger partial charge in [0.15, 0.2) is 5.78 Å². The van der Waals surface area contributed by atoms with Gasteiger partial charge in [-0.25, -0.2) is 9.36 Å². The molecule has 0 aliphatic heterocycles. The van der Waals surface area contributed by atoms with Crippen LogP contribution in [-0.2, 0) is 15.9 Å². The van der Waals surface area contributed by atoms with Gasteiger partial charge in [0.05, 0.1) is 0 Å². The minimum Gasteiger partial charge on any atom is -0.445 e. The average molecular weight is 508 g/mol. The number of carbonyl (C=O) groups excluding carboxylic acids is 1. The molecule has 0 saturated heterocycles. The fourth-order valence-corrected chi connectivity index (χ4v) is 5.35. The van der Waals surface area contributed by atoms with E-state index in [1.807, 2.05) is 42.5 Å². The van der Waals surface area contributed by atoms with Crippen LogP contribution in [0.2, 0.25) is 5.02 Å². The van der Waals surface area contributed by atoms with Crippen molar-refractivity contribution in [2.45, 2.75) is 12.4 Å². The Hall–Kier alpha value is -3.73. The summed E-state index contributed by atoms with van der Waals surface area (Å²) in [6, 6.07) is 33.1. The lowest BCUT2D eigenvalue weighted by Gasteiger charge is -2.28. The lowest BCUT2D eigenvalue weighted by molar-refractivity contribution is 0.137. The van der Waals surface area contributed by atoms with E-state index in [9.17, 15) is 9.36 Å². The second kappa shape index (κ2) is 11.6. The third-order valence-electron chi connectivity index (χ3n) is 4.90. The Morgan fingerprint density at radius 2 is 1.31 bits per heavy atom. The van der Waals surface area contributed by atoms with E-state index >= 15 is 0 Å². The summed E-state index contributed by atoms with van der Waals surface area (Å²) < 4.78 is 31.7. The Bertz CT molecular complexity index is 1240. The Morgan fingerprint density at radius 3 is 1.86 bits per heavy atom. The van der Waals surface area contributed by atoms with E-state index in [4.69, 9.17) is 25.4 Å². The third-order valence-corrected chi connectivity index (χ3v) is 7.13. The molecule has 0 aliphatic rings. The van der Waals surface area contributed by atoms with Crippen LogP contribution in [0.15, 0.2) is 115 Å². The van der Waals surface area contributed by atoms with Gasteiger partial charge in [0.25, 0.3) is 0 Å². The van der Waals surface area contributed by atoms with Crippen molar-refractivity contribution in [2.75, 3.05) is 0 Å². The number of amides is 1. The van der Waals surface area contributed by atoms with Crippen LogP contribution in [0.5, 0.6) is 11.5 Å². The van der Waals surface area contributed by atoms with Crippen molar-refractivity contribution in [1.29, 1.82) is 0 Å². The van der Waals surface area contributed by atoms with Gasteiger partial charge in [-0.15, -0.1) is 0 Å². The van der Waals surface area contributed by atoms with Crippen LogP contribution in [0.3, 0.4) is 0 Å². The number of carbonyl (C=O) groups is 1. The van der Waals surface area contributed by atoms with Crippen molar-refractivity contribution in [1.82, 2.24) is 5.32 Å². The van der Waals surface area contributed by atoms with Crippen LogP contribution in [-0.4, -0.2) is 6.09 Å². The zero-order valence-electron chi connectivity index (χ0n) is 18.6. The SMILES string of the molecule is O=C(NC(c1cccc(Cl)c1)P(=O)(Oc1ccccc1)Oc1ccccc1)OCc1ccccc1. The monoisotopic (exact) mass is 507 g/mol. The van der Waals surface area contributed by atoms with Gasteiger partial charge in [-0.05, 0) is 47.5 Å². The molecule has 178 valence electrons. The summed E-state index contributed by atoms with van der Waals surface area (Å²) in [5.74, 6) is -0.582. The quantitative estimate of drug-likeness (QED) is 0.236. The van der Waals surface area contributed by atoms with Crippen molar-refractivity contribution in [2.24, 2.45) is 0 Å². The average Bonchev–Trinajstić information content (AvgIpc) is 2.88. The van der Waals surface area contributed by atoms with E-state index in [2.05, 4.69) is 5.32 Å². The van der Waals surface area contributed by atoms with Crippen LogP contribution in [0, 0.1) is 0 Å². The fraction of sp³-hybridized carbons (Fsp3) is 0.0741. The molecule has 4 aromatic carbocycles. The molecule has 1 unspecified atom stereocenters. The molecule has 0 fully saturated rings. The molecule has 0 bridgehead atoms. The number of halogens is 1. The number of alkyl carbamates (subject to hydrolysis) is 1. The molecule has 4 aromatic rings. The lowest BCUT2D eigenvalue weighted by Crippen LogP contribution is -2.31. The molecular weight excluding hydrogens is 485 g/mol. The number of hydrogen-bond acceptors (Lipinski definition) is 5. The molecule has 0 heterocycles. The van der Waals surface area contributed by atoms with E-state index in [1.165, 1.54) is 0 Å². The summed E-state index contributed by atoms with van der Waals surface area (Å²) in [6.45, 7) is 0.0400. The van der Waals surface area contributed by atoms with Crippen molar-refractivity contribution in [3.05, 3.63) is 131 Å². The highest BCUT2D eigenvalue weighted by molar-refractivity contribution is 7.55. The second-order valence-corrected chi connectivity index (χ2v) is 9.91. The van der Waals surface area contributed by atoms with Gasteiger partial charge >= 0.3 is 13.7 Å². The summed E-state index contributed by atoms with van der Waals surface area (Å²) in [5, 5.41) is 3.08. The van der Waals surface area contributed by atoms with E-state index in [0.717, 1.165) is 5.56 Å². The zero-order valence-corrected chi connectivity index (χ0v) is 20.3. The summed E-state index contributed by atoms with van der Waals surface area (Å²) in [4.78, 5) is 12.8. The molecule has 1 N–H and O–H groups in total. The fourth-order valence-electron chi connectivity index (χ4n) is 3.28. The molecule has 35 heavy (non-hydrogen) atoms. The maximum atomic E-state index is 14.4. The first-order chi connectivity index (χ1) is 17.0. The number of benzene rings is 4. The zero-order chi connectivity index (χ0) is 24.5. The predicted octanol–water partition coefficient (Wildman–Crippen LogP) is 7.62. The highest BCUT2D eigenvalue weighted by atomic mass is 35.5. The minimum atomic E-state index is -4.14. The van der Waals surface area contributed by atoms with Crippen molar-refractivity contribution in [3.63, 3.8) is 0 Å². The molecule has 0 radical (unpaired) electrons. The first-order valence-electron chi connectivity index (χ1n) is 10.8. The maximum absolute atomic E-state index is 14.4. The van der Waals surface area contributed by atoms with Gasteiger partial charge in [-0.3, -0.25) is 0 Å². The maximum Gasteiger partial charge on any atom is 0.457 e. The summed E-state index contributed by atoms with van der Waals surface area (Å²) in [7, 11) is -4.14. The number of ether oxygens (including phenoxy) is 1. The van der Waals surface area contributed by atoms with E-state index in [1.54, 1.807) is 72.8 Å². The van der Waals surface area contributed by atoms with Gasteiger partial charge in [0, 0.05) is 5.02 Å². The second-order valence-electron chi connectivity index (χ2n) is 7.51. The third kappa shape index (κ3) is 6.89. The summed E-state index contributed by atoms with van der Waals surface area (Å²) in [5.41, 5.74) is 1.25. The molecule has 1 amide bonds. The van der Waals surface area contributed by atoms with Crippen molar-refractivity contribution >= 4 is 25.3 Å². The summed E-state index contributed by atoms with van der Waals surface area (Å²) >= 11 is 6.22. The topological polar surface area (TPSA) is 73.9 Å². The summed E-state index contributed by atoms with van der Waals surface area (Å²) in [6.07, 6.45) is -0.785. The highest BCUT2D eigenvalue weighted by Crippen LogP contribution is 2.59. The van der Waals surface area contributed by atoms with Crippen LogP contribution in [0.1, 0.15) is 16.9 Å². The molecule has 0 spiro atoms. The molecule has 4 rings (SSSR count). The first kappa shape index (κ1) is 24.4. The molecular formula is C27H23ClNO5P. The Balaban J connectivity index is 1.67. The van der Waals surface area contributed by atoms with Gasteiger partial charge < -0.3 is 19.1 Å². The standard InChI is InChI=1S/C27H23ClNO5P/c28-23-14-10-13-22(19-23)26(29-27(30)32-20-21-11-4-1-5-12-21)35(31,33-24-15-6-2-7-16-24)34-25-17-8-3-9-18-25/h1-19,26H,20H2,(H,29,30). The lowest BCUT2D eigenvalue weighted by atomic mass is 10.2. The van der Waals surface area contributed by atoms with Gasteiger partial charge in [-0.1, -0.05) is 90.5 Å². The minimum absolute atomic E-state index is 0.0400. The Morgan fingerprint density at radius 1 is 0.771 bits per heavy atom. The van der Waals surface area contributed by atoms with E-state index in [-0.39, 0.29) is 6.61 Å². The van der Waals surface area contributed by atoms with Crippen LogP contribution in [0.25, 0.3) is 0 Å². The van der Waals surface area contributed by atoms with Gasteiger partial charge in [0.1, 0.15) is 18.1 Å². The number of nitrogens with one attached hydrogen (secondary N) is 1. The highest BCUT2D eigenvalue weighted by Gasteiger charge is 2.42. The number of para-hydroxylation sites is 2. The first-order valence-corrected chi connectivity index (χ1v) is 12.8. The Kier molecular flexibility index (Phi) is 8.09. The van der Waals surface area contributed by atoms with Crippen LogP contribution in [0.4, 0.5) is 4.79 Å². The number of rotatable bonds is 9. The van der Waals surface area contributed by atoms with Gasteiger partial charge in [-0.2, -0.15) is 0 Å². The van der Waals surface area contributed by atoms with Crippen LogP contribution >= 0.6 is 19.2 Å². The smallest absolute Gasteiger partial charge is 0.445 e. The van der Waals surface area contributed by atoms with E-state index in [0.29, 0.717) is 22.1 Å². The molecule has 8 heteroatoms. The Labute approximate surface area is 209 Å². The van der Waals surface area contributed by atoms with Crippen LogP contribution < -0.4 is 14.4 Å². The number of hydrogen-bond donors (Lipinski definition) is 1. The van der Waals surface area contributed by atoms with E-state index < -0.39 is 19.5 Å². The molecule has 0 saturated carbocycles. The largest absolute Gasteiger partial charge is 0.457 e. The van der Waals surface area contributed by atoms with Crippen molar-refractivity contribution < 1.29 is 23.1 Å². The molecule has 6 nitrogen and oxygen atoms in total. The predicted molar refractivity (Wildman–Crippen MR) is 136 cm³/mol.